The van der Waals surface area contributed by atoms with Gasteiger partial charge in [-0.25, -0.2) is 4.68 Å². The SMILES string of the molecule is CN(CCC(=O)O)c1cc(-n2cccn2)nc(N)n1. The minimum absolute atomic E-state index is 0.0253. The van der Waals surface area contributed by atoms with E-state index in [1.807, 2.05) is 0 Å². The number of nitrogen functional groups attached to an aromatic ring is 1. The van der Waals surface area contributed by atoms with Gasteiger partial charge in [-0.2, -0.15) is 15.1 Å². The third kappa shape index (κ3) is 3.18. The van der Waals surface area contributed by atoms with Gasteiger partial charge < -0.3 is 15.7 Å². The first-order valence-electron chi connectivity index (χ1n) is 5.64. The zero-order chi connectivity index (χ0) is 13.8. The number of carboxylic acid groups (broad SMARTS) is 1. The summed E-state index contributed by atoms with van der Waals surface area (Å²) in [5.74, 6) is 0.347. The number of nitrogens with zero attached hydrogens (tertiary/aromatic N) is 5. The Labute approximate surface area is 109 Å². The van der Waals surface area contributed by atoms with Gasteiger partial charge in [-0.1, -0.05) is 0 Å². The quantitative estimate of drug-likeness (QED) is 0.789. The van der Waals surface area contributed by atoms with Gasteiger partial charge in [0.05, 0.1) is 6.42 Å². The molecule has 0 aliphatic rings. The summed E-state index contributed by atoms with van der Waals surface area (Å²) in [6.45, 7) is 0.338. The summed E-state index contributed by atoms with van der Waals surface area (Å²) in [5.41, 5.74) is 5.65. The molecule has 2 aromatic rings. The molecule has 3 N–H and O–H groups in total. The molecule has 0 aliphatic heterocycles. The van der Waals surface area contributed by atoms with Crippen molar-refractivity contribution in [3.63, 3.8) is 0 Å². The van der Waals surface area contributed by atoms with Crippen LogP contribution in [-0.4, -0.2) is 44.4 Å². The lowest BCUT2D eigenvalue weighted by Gasteiger charge is -2.17. The van der Waals surface area contributed by atoms with E-state index in [9.17, 15) is 4.79 Å². The van der Waals surface area contributed by atoms with Crippen molar-refractivity contribution in [3.05, 3.63) is 24.5 Å². The van der Waals surface area contributed by atoms with Crippen LogP contribution in [0, 0.1) is 0 Å². The Hall–Kier alpha value is -2.64. The molecule has 0 saturated heterocycles. The molecule has 19 heavy (non-hydrogen) atoms. The average molecular weight is 262 g/mol. The monoisotopic (exact) mass is 262 g/mol. The highest BCUT2D eigenvalue weighted by atomic mass is 16.4. The van der Waals surface area contributed by atoms with Crippen molar-refractivity contribution in [3.8, 4) is 5.82 Å². The molecule has 8 heteroatoms. The van der Waals surface area contributed by atoms with Crippen molar-refractivity contribution in [2.45, 2.75) is 6.42 Å². The van der Waals surface area contributed by atoms with E-state index >= 15 is 0 Å². The molecule has 0 amide bonds. The third-order valence-electron chi connectivity index (χ3n) is 2.51. The standard InChI is InChI=1S/C11H14N6O2/c1-16(6-3-10(18)19)8-7-9(15-11(12)14-8)17-5-2-4-13-17/h2,4-5,7H,3,6H2,1H3,(H,18,19)(H2,12,14,15). The summed E-state index contributed by atoms with van der Waals surface area (Å²) < 4.78 is 1.56. The van der Waals surface area contributed by atoms with E-state index < -0.39 is 5.97 Å². The van der Waals surface area contributed by atoms with Crippen molar-refractivity contribution in [2.24, 2.45) is 0 Å². The molecule has 0 unspecified atom stereocenters. The molecule has 2 rings (SSSR count). The second-order valence-corrected chi connectivity index (χ2v) is 3.96. The van der Waals surface area contributed by atoms with Gasteiger partial charge in [0.2, 0.25) is 5.95 Å². The molecule has 0 saturated carbocycles. The zero-order valence-electron chi connectivity index (χ0n) is 10.4. The topological polar surface area (TPSA) is 110 Å². The number of carboxylic acids is 1. The molecule has 0 radical (unpaired) electrons. The van der Waals surface area contributed by atoms with Gasteiger partial charge in [0.25, 0.3) is 0 Å². The maximum atomic E-state index is 10.6. The normalized spacial score (nSPS) is 10.4. The number of hydrogen-bond acceptors (Lipinski definition) is 6. The Bertz CT molecular complexity index is 569. The van der Waals surface area contributed by atoms with Crippen LogP contribution in [0.25, 0.3) is 5.82 Å². The largest absolute Gasteiger partial charge is 0.481 e. The summed E-state index contributed by atoms with van der Waals surface area (Å²) in [4.78, 5) is 20.4. The lowest BCUT2D eigenvalue weighted by atomic mass is 10.4. The Balaban J connectivity index is 2.24. The number of anilines is 2. The van der Waals surface area contributed by atoms with Gasteiger partial charge in [-0.15, -0.1) is 0 Å². The molecular formula is C11H14N6O2. The Morgan fingerprint density at radius 3 is 2.95 bits per heavy atom. The van der Waals surface area contributed by atoms with Gasteiger partial charge in [0, 0.05) is 32.1 Å². The van der Waals surface area contributed by atoms with Gasteiger partial charge in [-0.05, 0) is 6.07 Å². The van der Waals surface area contributed by atoms with Crippen molar-refractivity contribution >= 4 is 17.7 Å². The Morgan fingerprint density at radius 1 is 1.53 bits per heavy atom. The predicted molar refractivity (Wildman–Crippen MR) is 69.1 cm³/mol. The summed E-state index contributed by atoms with van der Waals surface area (Å²) in [6, 6.07) is 3.47. The molecule has 0 atom stereocenters. The minimum Gasteiger partial charge on any atom is -0.481 e. The maximum Gasteiger partial charge on any atom is 0.305 e. The molecule has 0 bridgehead atoms. The molecule has 0 aromatic carbocycles. The van der Waals surface area contributed by atoms with E-state index in [2.05, 4.69) is 15.1 Å². The Kier molecular flexibility index (Phi) is 3.60. The van der Waals surface area contributed by atoms with Gasteiger partial charge >= 0.3 is 5.97 Å². The Morgan fingerprint density at radius 2 is 2.32 bits per heavy atom. The average Bonchev–Trinajstić information content (AvgIpc) is 2.89. The van der Waals surface area contributed by atoms with E-state index in [1.165, 1.54) is 0 Å². The van der Waals surface area contributed by atoms with Crippen LogP contribution in [-0.2, 0) is 4.79 Å². The van der Waals surface area contributed by atoms with Crippen LogP contribution in [0.4, 0.5) is 11.8 Å². The molecule has 2 aromatic heterocycles. The van der Waals surface area contributed by atoms with E-state index in [4.69, 9.17) is 10.8 Å². The molecule has 0 aliphatic carbocycles. The number of aromatic nitrogens is 4. The molecule has 2 heterocycles. The van der Waals surface area contributed by atoms with Gasteiger partial charge in [0.1, 0.15) is 5.82 Å². The van der Waals surface area contributed by atoms with E-state index in [1.54, 1.807) is 41.2 Å². The van der Waals surface area contributed by atoms with Crippen LogP contribution in [0.5, 0.6) is 0 Å². The summed E-state index contributed by atoms with van der Waals surface area (Å²) in [6.07, 6.45) is 3.40. The highest BCUT2D eigenvalue weighted by Gasteiger charge is 2.09. The van der Waals surface area contributed by atoms with Gasteiger partial charge in [-0.3, -0.25) is 4.79 Å². The number of aliphatic carboxylic acids is 1. The highest BCUT2D eigenvalue weighted by molar-refractivity contribution is 5.67. The van der Waals surface area contributed by atoms with Crippen molar-refractivity contribution in [2.75, 3.05) is 24.2 Å². The van der Waals surface area contributed by atoms with E-state index in [0.717, 1.165) is 0 Å². The number of hydrogen-bond donors (Lipinski definition) is 2. The van der Waals surface area contributed by atoms with Crippen molar-refractivity contribution in [1.29, 1.82) is 0 Å². The lowest BCUT2D eigenvalue weighted by molar-refractivity contribution is -0.136. The second kappa shape index (κ2) is 5.34. The molecular weight excluding hydrogens is 248 g/mol. The van der Waals surface area contributed by atoms with Crippen LogP contribution in [0.1, 0.15) is 6.42 Å². The molecule has 8 nitrogen and oxygen atoms in total. The van der Waals surface area contributed by atoms with Crippen LogP contribution < -0.4 is 10.6 Å². The maximum absolute atomic E-state index is 10.6. The number of carbonyl (C=O) groups is 1. The third-order valence-corrected chi connectivity index (χ3v) is 2.51. The fourth-order valence-corrected chi connectivity index (χ4v) is 1.53. The summed E-state index contributed by atoms with van der Waals surface area (Å²) >= 11 is 0. The second-order valence-electron chi connectivity index (χ2n) is 3.96. The van der Waals surface area contributed by atoms with Gasteiger partial charge in [0.15, 0.2) is 5.82 Å². The number of rotatable bonds is 5. The fraction of sp³-hybridized carbons (Fsp3) is 0.273. The van der Waals surface area contributed by atoms with Crippen LogP contribution >= 0.6 is 0 Å². The zero-order valence-corrected chi connectivity index (χ0v) is 10.4. The predicted octanol–water partition coefficient (Wildman–Crippen LogP) is 0.155. The van der Waals surface area contributed by atoms with Crippen molar-refractivity contribution < 1.29 is 9.90 Å². The smallest absolute Gasteiger partial charge is 0.305 e. The first-order chi connectivity index (χ1) is 9.06. The van der Waals surface area contributed by atoms with E-state index in [0.29, 0.717) is 18.2 Å². The summed E-state index contributed by atoms with van der Waals surface area (Å²) in [7, 11) is 1.75. The summed E-state index contributed by atoms with van der Waals surface area (Å²) in [5, 5.41) is 12.7. The minimum atomic E-state index is -0.860. The van der Waals surface area contributed by atoms with Crippen LogP contribution in [0.2, 0.25) is 0 Å². The van der Waals surface area contributed by atoms with Crippen LogP contribution in [0.3, 0.4) is 0 Å². The van der Waals surface area contributed by atoms with Crippen molar-refractivity contribution in [1.82, 2.24) is 19.7 Å². The van der Waals surface area contributed by atoms with E-state index in [-0.39, 0.29) is 12.4 Å². The lowest BCUT2D eigenvalue weighted by Crippen LogP contribution is -2.23. The first kappa shape index (κ1) is 12.8. The number of nitrogens with two attached hydrogens (primary N) is 1. The van der Waals surface area contributed by atoms with Crippen LogP contribution in [0.15, 0.2) is 24.5 Å². The highest BCUT2D eigenvalue weighted by Crippen LogP contribution is 2.15. The molecule has 100 valence electrons. The first-order valence-corrected chi connectivity index (χ1v) is 5.64. The molecule has 0 fully saturated rings. The fourth-order valence-electron chi connectivity index (χ4n) is 1.53. The molecule has 0 spiro atoms.